The fourth-order valence-electron chi connectivity index (χ4n) is 5.15. The third-order valence-electron chi connectivity index (χ3n) is 6.73. The van der Waals surface area contributed by atoms with Gasteiger partial charge < -0.3 is 15.4 Å². The minimum atomic E-state index is -4.42. The van der Waals surface area contributed by atoms with Gasteiger partial charge in [0.25, 0.3) is 0 Å². The fourth-order valence-corrected chi connectivity index (χ4v) is 5.15. The van der Waals surface area contributed by atoms with Crippen molar-refractivity contribution in [1.82, 2.24) is 4.90 Å². The summed E-state index contributed by atoms with van der Waals surface area (Å²) in [5, 5.41) is 0. The number of benzene rings is 1. The van der Waals surface area contributed by atoms with Crippen molar-refractivity contribution in [3.8, 4) is 0 Å². The van der Waals surface area contributed by atoms with Gasteiger partial charge in [-0.05, 0) is 67.7 Å². The summed E-state index contributed by atoms with van der Waals surface area (Å²) in [6.07, 6.45) is -0.992. The molecular formula is C22H27F3N2O3. The summed E-state index contributed by atoms with van der Waals surface area (Å²) in [6.45, 7) is 1.91. The van der Waals surface area contributed by atoms with E-state index in [1.165, 1.54) is 13.0 Å². The van der Waals surface area contributed by atoms with E-state index >= 15 is 0 Å². The van der Waals surface area contributed by atoms with Gasteiger partial charge in [0, 0.05) is 26.1 Å². The zero-order chi connectivity index (χ0) is 21.7. The molecule has 4 rings (SSSR count). The average Bonchev–Trinajstić information content (AvgIpc) is 3.45. The number of halogens is 3. The largest absolute Gasteiger partial charge is 0.461 e. The van der Waals surface area contributed by atoms with Gasteiger partial charge >= 0.3 is 12.1 Å². The molecule has 0 saturated heterocycles. The summed E-state index contributed by atoms with van der Waals surface area (Å²) >= 11 is 0. The molecule has 0 spiro atoms. The van der Waals surface area contributed by atoms with Crippen LogP contribution in [0.1, 0.15) is 55.7 Å². The number of ether oxygens (including phenoxy) is 1. The summed E-state index contributed by atoms with van der Waals surface area (Å²) in [7, 11) is 0. The molecule has 1 amide bonds. The maximum atomic E-state index is 13.8. The molecule has 1 aromatic carbocycles. The second-order valence-corrected chi connectivity index (χ2v) is 8.98. The van der Waals surface area contributed by atoms with Crippen molar-refractivity contribution in [2.24, 2.45) is 17.1 Å². The molecule has 3 atom stereocenters. The first kappa shape index (κ1) is 21.2. The molecule has 2 unspecified atom stereocenters. The molecule has 30 heavy (non-hydrogen) atoms. The van der Waals surface area contributed by atoms with Gasteiger partial charge in [-0.25, -0.2) is 0 Å². The Balaban J connectivity index is 1.62. The number of esters is 1. The second-order valence-electron chi connectivity index (χ2n) is 8.98. The molecule has 2 saturated carbocycles. The number of nitrogens with zero attached hydrogens (tertiary/aromatic N) is 1. The number of carbonyl (C=O) groups is 2. The molecule has 164 valence electrons. The Morgan fingerprint density at radius 1 is 1.23 bits per heavy atom. The summed E-state index contributed by atoms with van der Waals surface area (Å²) in [4.78, 5) is 27.2. The lowest BCUT2D eigenvalue weighted by molar-refractivity contribution is -0.166. The molecule has 0 bridgehead atoms. The second kappa shape index (κ2) is 7.55. The van der Waals surface area contributed by atoms with Crippen molar-refractivity contribution in [3.05, 3.63) is 34.9 Å². The van der Waals surface area contributed by atoms with E-state index in [0.29, 0.717) is 37.8 Å². The SMILES string of the molecule is CC(=O)OC(C1CC1)[C@]1(C(=O)N2CCc3ccc(C(F)(F)F)cc3C2)CCC(N)C1. The number of amides is 1. The van der Waals surface area contributed by atoms with E-state index in [-0.39, 0.29) is 24.4 Å². The molecule has 0 aromatic heterocycles. The zero-order valence-electron chi connectivity index (χ0n) is 17.0. The normalized spacial score (nSPS) is 27.5. The van der Waals surface area contributed by atoms with Crippen molar-refractivity contribution in [2.45, 2.75) is 70.3 Å². The predicted octanol–water partition coefficient (Wildman–Crippen LogP) is 3.43. The Labute approximate surface area is 173 Å². The minimum Gasteiger partial charge on any atom is -0.461 e. The lowest BCUT2D eigenvalue weighted by Gasteiger charge is -2.41. The van der Waals surface area contributed by atoms with Crippen molar-refractivity contribution in [1.29, 1.82) is 0 Å². The third kappa shape index (κ3) is 3.94. The van der Waals surface area contributed by atoms with E-state index in [9.17, 15) is 22.8 Å². The van der Waals surface area contributed by atoms with Gasteiger partial charge in [0.1, 0.15) is 6.10 Å². The molecule has 1 aliphatic heterocycles. The summed E-state index contributed by atoms with van der Waals surface area (Å²) in [5.41, 5.74) is 5.95. The van der Waals surface area contributed by atoms with E-state index in [2.05, 4.69) is 0 Å². The van der Waals surface area contributed by atoms with Crippen LogP contribution < -0.4 is 5.73 Å². The number of hydrogen-bond acceptors (Lipinski definition) is 4. The Kier molecular flexibility index (Phi) is 5.33. The number of nitrogens with two attached hydrogens (primary N) is 1. The van der Waals surface area contributed by atoms with Crippen LogP contribution in [0.15, 0.2) is 18.2 Å². The number of alkyl halides is 3. The molecule has 2 aliphatic carbocycles. The zero-order valence-corrected chi connectivity index (χ0v) is 17.0. The first-order valence-corrected chi connectivity index (χ1v) is 10.5. The topological polar surface area (TPSA) is 72.6 Å². The number of rotatable bonds is 4. The highest BCUT2D eigenvalue weighted by Crippen LogP contribution is 2.52. The quantitative estimate of drug-likeness (QED) is 0.752. The molecule has 8 heteroatoms. The Morgan fingerprint density at radius 2 is 1.97 bits per heavy atom. The lowest BCUT2D eigenvalue weighted by atomic mass is 9.75. The number of carbonyl (C=O) groups excluding carboxylic acids is 2. The maximum Gasteiger partial charge on any atom is 0.416 e. The maximum absolute atomic E-state index is 13.8. The van der Waals surface area contributed by atoms with Crippen molar-refractivity contribution in [2.75, 3.05) is 6.54 Å². The fraction of sp³-hybridized carbons (Fsp3) is 0.636. The monoisotopic (exact) mass is 424 g/mol. The lowest BCUT2D eigenvalue weighted by Crippen LogP contribution is -2.53. The van der Waals surface area contributed by atoms with Gasteiger partial charge in [-0.1, -0.05) is 6.07 Å². The van der Waals surface area contributed by atoms with Gasteiger partial charge in [0.2, 0.25) is 5.91 Å². The molecule has 3 aliphatic rings. The number of fused-ring (bicyclic) bond motifs is 1. The number of hydrogen-bond donors (Lipinski definition) is 1. The first-order valence-electron chi connectivity index (χ1n) is 10.5. The van der Waals surface area contributed by atoms with Gasteiger partial charge in [-0.3, -0.25) is 9.59 Å². The van der Waals surface area contributed by atoms with E-state index < -0.39 is 29.2 Å². The molecule has 1 aromatic rings. The van der Waals surface area contributed by atoms with Gasteiger partial charge in [-0.15, -0.1) is 0 Å². The van der Waals surface area contributed by atoms with Crippen LogP contribution in [-0.2, 0) is 33.5 Å². The van der Waals surface area contributed by atoms with E-state index in [1.54, 1.807) is 4.90 Å². The smallest absolute Gasteiger partial charge is 0.416 e. The molecule has 2 N–H and O–H groups in total. The predicted molar refractivity (Wildman–Crippen MR) is 103 cm³/mol. The van der Waals surface area contributed by atoms with Crippen LogP contribution in [0.2, 0.25) is 0 Å². The van der Waals surface area contributed by atoms with Crippen LogP contribution in [0.5, 0.6) is 0 Å². The standard InChI is InChI=1S/C22H27F3N2O3/c1-13(28)30-19(15-2-3-15)21(8-6-18(26)11-21)20(29)27-9-7-14-4-5-17(22(23,24)25)10-16(14)12-27/h4-5,10,15,18-19H,2-3,6-9,11-12,26H2,1H3/t18?,19?,21-/m0/s1. The van der Waals surface area contributed by atoms with Crippen LogP contribution in [0, 0.1) is 11.3 Å². The molecular weight excluding hydrogens is 397 g/mol. The van der Waals surface area contributed by atoms with Crippen LogP contribution in [0.3, 0.4) is 0 Å². The van der Waals surface area contributed by atoms with Crippen LogP contribution in [0.4, 0.5) is 13.2 Å². The van der Waals surface area contributed by atoms with Crippen LogP contribution in [-0.4, -0.2) is 35.5 Å². The van der Waals surface area contributed by atoms with Gasteiger partial charge in [0.15, 0.2) is 0 Å². The summed E-state index contributed by atoms with van der Waals surface area (Å²) in [6, 6.07) is 3.59. The van der Waals surface area contributed by atoms with Crippen molar-refractivity contribution in [3.63, 3.8) is 0 Å². The Morgan fingerprint density at radius 3 is 2.53 bits per heavy atom. The molecule has 2 fully saturated rings. The third-order valence-corrected chi connectivity index (χ3v) is 6.73. The highest BCUT2D eigenvalue weighted by Gasteiger charge is 2.57. The van der Waals surface area contributed by atoms with Gasteiger partial charge in [0.05, 0.1) is 11.0 Å². The highest BCUT2D eigenvalue weighted by atomic mass is 19.4. The first-order chi connectivity index (χ1) is 14.1. The van der Waals surface area contributed by atoms with Crippen LogP contribution in [0.25, 0.3) is 0 Å². The van der Waals surface area contributed by atoms with Crippen LogP contribution >= 0.6 is 0 Å². The summed E-state index contributed by atoms with van der Waals surface area (Å²) in [5.74, 6) is -0.410. The van der Waals surface area contributed by atoms with E-state index in [0.717, 1.165) is 30.5 Å². The highest BCUT2D eigenvalue weighted by molar-refractivity contribution is 5.85. The molecule has 0 radical (unpaired) electrons. The average molecular weight is 424 g/mol. The van der Waals surface area contributed by atoms with Crippen molar-refractivity contribution >= 4 is 11.9 Å². The van der Waals surface area contributed by atoms with Gasteiger partial charge in [-0.2, -0.15) is 13.2 Å². The van der Waals surface area contributed by atoms with E-state index in [4.69, 9.17) is 10.5 Å². The molecule has 5 nitrogen and oxygen atoms in total. The minimum absolute atomic E-state index is 0.131. The Bertz CT molecular complexity index is 853. The van der Waals surface area contributed by atoms with Crippen molar-refractivity contribution < 1.29 is 27.5 Å². The summed E-state index contributed by atoms with van der Waals surface area (Å²) < 4.78 is 45.1. The van der Waals surface area contributed by atoms with E-state index in [1.807, 2.05) is 0 Å². The molecule has 1 heterocycles. The Hall–Kier alpha value is -2.09.